The second-order valence-corrected chi connectivity index (χ2v) is 7.27. The molecular formula is C24H33N3O2. The zero-order chi connectivity index (χ0) is 21.4. The highest BCUT2D eigenvalue weighted by molar-refractivity contribution is 5.92. The van der Waals surface area contributed by atoms with E-state index in [9.17, 15) is 9.59 Å². The van der Waals surface area contributed by atoms with E-state index in [2.05, 4.69) is 36.2 Å². The largest absolute Gasteiger partial charge is 0.372 e. The molecule has 2 amide bonds. The number of benzene rings is 2. The predicted molar refractivity (Wildman–Crippen MR) is 121 cm³/mol. The van der Waals surface area contributed by atoms with Crippen LogP contribution in [0.15, 0.2) is 42.5 Å². The maximum Gasteiger partial charge on any atom is 0.224 e. The van der Waals surface area contributed by atoms with E-state index in [1.165, 1.54) is 0 Å². The molecule has 0 heterocycles. The van der Waals surface area contributed by atoms with Crippen molar-refractivity contribution in [3.63, 3.8) is 0 Å². The number of nitrogens with one attached hydrogen (secondary N) is 1. The van der Waals surface area contributed by atoms with Crippen molar-refractivity contribution < 1.29 is 9.59 Å². The maximum absolute atomic E-state index is 12.3. The van der Waals surface area contributed by atoms with E-state index >= 15 is 0 Å². The molecule has 0 atom stereocenters. The average Bonchev–Trinajstić information content (AvgIpc) is 2.68. The standard InChI is InChI=1S/C24H33N3O2/c1-6-26(7-2)22-12-13-23(19(4)16-22)27(20(5)28)15-14-25-24(29)17-21-11-9-8-10-18(21)3/h8-13,16H,6-7,14-15,17H2,1-5H3,(H,25,29). The van der Waals surface area contributed by atoms with E-state index in [0.717, 1.165) is 41.2 Å². The molecule has 0 fully saturated rings. The van der Waals surface area contributed by atoms with Gasteiger partial charge in [-0.05, 0) is 62.6 Å². The number of hydrogen-bond donors (Lipinski definition) is 1. The van der Waals surface area contributed by atoms with E-state index in [1.54, 1.807) is 11.8 Å². The van der Waals surface area contributed by atoms with E-state index in [4.69, 9.17) is 0 Å². The van der Waals surface area contributed by atoms with Crippen molar-refractivity contribution in [3.05, 3.63) is 59.2 Å². The van der Waals surface area contributed by atoms with Gasteiger partial charge in [-0.15, -0.1) is 0 Å². The van der Waals surface area contributed by atoms with Gasteiger partial charge in [0.1, 0.15) is 0 Å². The summed E-state index contributed by atoms with van der Waals surface area (Å²) in [6.07, 6.45) is 0.352. The molecule has 0 aliphatic rings. The Kier molecular flexibility index (Phi) is 8.25. The van der Waals surface area contributed by atoms with Crippen molar-refractivity contribution in [2.45, 2.75) is 41.0 Å². The molecule has 2 aromatic rings. The van der Waals surface area contributed by atoms with Crippen LogP contribution in [0.4, 0.5) is 11.4 Å². The highest BCUT2D eigenvalue weighted by Gasteiger charge is 2.15. The number of carbonyl (C=O) groups is 2. The maximum atomic E-state index is 12.3. The van der Waals surface area contributed by atoms with Crippen LogP contribution in [0.2, 0.25) is 0 Å². The minimum Gasteiger partial charge on any atom is -0.372 e. The molecule has 5 nitrogen and oxygen atoms in total. The first-order valence-electron chi connectivity index (χ1n) is 10.3. The van der Waals surface area contributed by atoms with Crippen LogP contribution >= 0.6 is 0 Å². The van der Waals surface area contributed by atoms with Crippen LogP contribution < -0.4 is 15.1 Å². The lowest BCUT2D eigenvalue weighted by atomic mass is 10.1. The van der Waals surface area contributed by atoms with Gasteiger partial charge in [-0.2, -0.15) is 0 Å². The quantitative estimate of drug-likeness (QED) is 0.701. The molecular weight excluding hydrogens is 362 g/mol. The number of rotatable bonds is 9. The Balaban J connectivity index is 2.01. The molecule has 0 aliphatic heterocycles. The first-order valence-corrected chi connectivity index (χ1v) is 10.3. The van der Waals surface area contributed by atoms with Gasteiger partial charge in [0, 0.05) is 44.5 Å². The zero-order valence-electron chi connectivity index (χ0n) is 18.3. The molecule has 0 aliphatic carbocycles. The molecule has 1 N–H and O–H groups in total. The second kappa shape index (κ2) is 10.6. The minimum absolute atomic E-state index is 0.0307. The number of amides is 2. The van der Waals surface area contributed by atoms with Gasteiger partial charge in [0.15, 0.2) is 0 Å². The number of aryl methyl sites for hydroxylation is 2. The third-order valence-corrected chi connectivity index (χ3v) is 5.25. The van der Waals surface area contributed by atoms with Crippen LogP contribution in [0.1, 0.15) is 37.5 Å². The Morgan fingerprint density at radius 2 is 1.66 bits per heavy atom. The fraction of sp³-hybridized carbons (Fsp3) is 0.417. The van der Waals surface area contributed by atoms with Crippen molar-refractivity contribution in [3.8, 4) is 0 Å². The lowest BCUT2D eigenvalue weighted by Crippen LogP contribution is -2.38. The Bertz CT molecular complexity index is 844. The first-order chi connectivity index (χ1) is 13.9. The molecule has 0 saturated heterocycles. The number of carbonyl (C=O) groups excluding carboxylic acids is 2. The summed E-state index contributed by atoms with van der Waals surface area (Å²) in [4.78, 5) is 28.5. The summed E-state index contributed by atoms with van der Waals surface area (Å²) in [5.41, 5.74) is 5.23. The predicted octanol–water partition coefficient (Wildman–Crippen LogP) is 3.86. The highest BCUT2D eigenvalue weighted by Crippen LogP contribution is 2.25. The Hall–Kier alpha value is -2.82. The van der Waals surface area contributed by atoms with Crippen molar-refractivity contribution in [1.82, 2.24) is 5.32 Å². The molecule has 0 saturated carbocycles. The lowest BCUT2D eigenvalue weighted by molar-refractivity contribution is -0.121. The monoisotopic (exact) mass is 395 g/mol. The smallest absolute Gasteiger partial charge is 0.224 e. The fourth-order valence-electron chi connectivity index (χ4n) is 3.53. The van der Waals surface area contributed by atoms with Crippen LogP contribution in [0, 0.1) is 13.8 Å². The average molecular weight is 396 g/mol. The van der Waals surface area contributed by atoms with Gasteiger partial charge >= 0.3 is 0 Å². The lowest BCUT2D eigenvalue weighted by Gasteiger charge is -2.26. The number of anilines is 2. The van der Waals surface area contributed by atoms with E-state index in [0.29, 0.717) is 19.5 Å². The summed E-state index contributed by atoms with van der Waals surface area (Å²) in [6, 6.07) is 14.1. The van der Waals surface area contributed by atoms with Gasteiger partial charge in [-0.25, -0.2) is 0 Å². The molecule has 2 rings (SSSR count). The van der Waals surface area contributed by atoms with E-state index in [-0.39, 0.29) is 11.8 Å². The summed E-state index contributed by atoms with van der Waals surface area (Å²) in [5.74, 6) is -0.0618. The summed E-state index contributed by atoms with van der Waals surface area (Å²) in [5, 5.41) is 2.94. The fourth-order valence-corrected chi connectivity index (χ4v) is 3.53. The van der Waals surface area contributed by atoms with Crippen molar-refractivity contribution in [2.75, 3.05) is 36.0 Å². The van der Waals surface area contributed by atoms with Gasteiger partial charge in [-0.3, -0.25) is 9.59 Å². The SMILES string of the molecule is CCN(CC)c1ccc(N(CCNC(=O)Cc2ccccc2C)C(C)=O)c(C)c1. The van der Waals surface area contributed by atoms with Crippen LogP contribution in [0.3, 0.4) is 0 Å². The van der Waals surface area contributed by atoms with Gasteiger partial charge in [0.05, 0.1) is 6.42 Å². The van der Waals surface area contributed by atoms with E-state index in [1.807, 2.05) is 44.2 Å². The van der Waals surface area contributed by atoms with E-state index < -0.39 is 0 Å². The summed E-state index contributed by atoms with van der Waals surface area (Å²) in [6.45, 7) is 12.6. The van der Waals surface area contributed by atoms with Gasteiger partial charge in [0.2, 0.25) is 11.8 Å². The van der Waals surface area contributed by atoms with Crippen molar-refractivity contribution in [1.29, 1.82) is 0 Å². The number of nitrogens with zero attached hydrogens (tertiary/aromatic N) is 2. The molecule has 0 spiro atoms. The highest BCUT2D eigenvalue weighted by atomic mass is 16.2. The van der Waals surface area contributed by atoms with Crippen LogP contribution in [-0.4, -0.2) is 38.0 Å². The summed E-state index contributed by atoms with van der Waals surface area (Å²) < 4.78 is 0. The van der Waals surface area contributed by atoms with Gasteiger partial charge in [0.25, 0.3) is 0 Å². The van der Waals surface area contributed by atoms with Gasteiger partial charge in [-0.1, -0.05) is 24.3 Å². The normalized spacial score (nSPS) is 10.5. The third-order valence-electron chi connectivity index (χ3n) is 5.25. The Morgan fingerprint density at radius 1 is 0.966 bits per heavy atom. The molecule has 29 heavy (non-hydrogen) atoms. The van der Waals surface area contributed by atoms with Crippen LogP contribution in [0.25, 0.3) is 0 Å². The first kappa shape index (κ1) is 22.5. The second-order valence-electron chi connectivity index (χ2n) is 7.27. The summed E-state index contributed by atoms with van der Waals surface area (Å²) in [7, 11) is 0. The molecule has 5 heteroatoms. The number of hydrogen-bond acceptors (Lipinski definition) is 3. The Morgan fingerprint density at radius 3 is 2.24 bits per heavy atom. The molecule has 0 aromatic heterocycles. The summed E-state index contributed by atoms with van der Waals surface area (Å²) >= 11 is 0. The Labute approximate surface area is 174 Å². The molecule has 2 aromatic carbocycles. The molecule has 156 valence electrons. The third kappa shape index (κ3) is 6.08. The van der Waals surface area contributed by atoms with Crippen LogP contribution in [-0.2, 0) is 16.0 Å². The topological polar surface area (TPSA) is 52.6 Å². The van der Waals surface area contributed by atoms with Crippen molar-refractivity contribution in [2.24, 2.45) is 0 Å². The van der Waals surface area contributed by atoms with Gasteiger partial charge < -0.3 is 15.1 Å². The van der Waals surface area contributed by atoms with Crippen molar-refractivity contribution >= 4 is 23.2 Å². The van der Waals surface area contributed by atoms with Crippen LogP contribution in [0.5, 0.6) is 0 Å². The molecule has 0 unspecified atom stereocenters. The minimum atomic E-state index is -0.0311. The molecule has 0 bridgehead atoms. The molecule has 0 radical (unpaired) electrons. The zero-order valence-corrected chi connectivity index (χ0v) is 18.3.